The van der Waals surface area contributed by atoms with Gasteiger partial charge in [0.25, 0.3) is 0 Å². The lowest BCUT2D eigenvalue weighted by molar-refractivity contribution is -0.116. The van der Waals surface area contributed by atoms with Gasteiger partial charge in [-0.05, 0) is 44.2 Å². The summed E-state index contributed by atoms with van der Waals surface area (Å²) in [5, 5.41) is 4.11. The summed E-state index contributed by atoms with van der Waals surface area (Å²) in [5.74, 6) is -0.130. The monoisotopic (exact) mass is 308 g/mol. The molecule has 21 heavy (non-hydrogen) atoms. The van der Waals surface area contributed by atoms with Crippen molar-refractivity contribution >= 4 is 28.9 Å². The van der Waals surface area contributed by atoms with Gasteiger partial charge < -0.3 is 9.74 Å². The van der Waals surface area contributed by atoms with Crippen molar-refractivity contribution in [1.29, 1.82) is 0 Å². The molecule has 1 aromatic rings. The van der Waals surface area contributed by atoms with Gasteiger partial charge in [-0.2, -0.15) is 0 Å². The van der Waals surface area contributed by atoms with Crippen molar-refractivity contribution in [1.82, 2.24) is 0 Å². The molecule has 5 heteroatoms. The standard InChI is InChI=1S/C16H21ClN2O2/c1-11-6-4-7-12(2)16(11)19(15(20)10-17)14-9-5-8-13(14)18-21-3/h4,6-7,14H,5,8-10H2,1-3H3/b18-13+. The van der Waals surface area contributed by atoms with E-state index in [0.29, 0.717) is 0 Å². The maximum atomic E-state index is 12.5. The molecule has 0 spiro atoms. The van der Waals surface area contributed by atoms with E-state index < -0.39 is 0 Å². The minimum atomic E-state index is -0.0928. The third kappa shape index (κ3) is 3.21. The van der Waals surface area contributed by atoms with Gasteiger partial charge in [0.1, 0.15) is 13.0 Å². The van der Waals surface area contributed by atoms with E-state index in [1.54, 1.807) is 0 Å². The van der Waals surface area contributed by atoms with E-state index in [1.165, 1.54) is 7.11 Å². The third-order valence-corrected chi connectivity index (χ3v) is 4.11. The number of hydrogen-bond donors (Lipinski definition) is 0. The predicted octanol–water partition coefficient (Wildman–Crippen LogP) is 3.43. The van der Waals surface area contributed by atoms with Gasteiger partial charge in [0.15, 0.2) is 0 Å². The summed E-state index contributed by atoms with van der Waals surface area (Å²) in [6.07, 6.45) is 2.75. The first kappa shape index (κ1) is 15.8. The van der Waals surface area contributed by atoms with Crippen molar-refractivity contribution < 1.29 is 9.63 Å². The van der Waals surface area contributed by atoms with Crippen LogP contribution in [0.3, 0.4) is 0 Å². The lowest BCUT2D eigenvalue weighted by Gasteiger charge is -2.31. The van der Waals surface area contributed by atoms with Crippen LogP contribution in [0.15, 0.2) is 23.4 Å². The number of nitrogens with zero attached hydrogens (tertiary/aromatic N) is 2. The number of amides is 1. The van der Waals surface area contributed by atoms with Crippen molar-refractivity contribution in [2.45, 2.75) is 39.2 Å². The highest BCUT2D eigenvalue weighted by Gasteiger charge is 2.34. The molecule has 114 valence electrons. The number of carbonyl (C=O) groups is 1. The first-order chi connectivity index (χ1) is 10.1. The molecule has 1 unspecified atom stereocenters. The Morgan fingerprint density at radius 1 is 1.43 bits per heavy atom. The Bertz CT molecular complexity index is 537. The lowest BCUT2D eigenvalue weighted by Crippen LogP contribution is -2.44. The summed E-state index contributed by atoms with van der Waals surface area (Å²) in [6, 6.07) is 5.96. The molecule has 4 nitrogen and oxygen atoms in total. The Balaban J connectivity index is 2.49. The van der Waals surface area contributed by atoms with E-state index in [1.807, 2.05) is 36.9 Å². The molecule has 0 aliphatic heterocycles. The molecule has 1 atom stereocenters. The molecule has 1 amide bonds. The van der Waals surface area contributed by atoms with Crippen LogP contribution in [-0.4, -0.2) is 30.7 Å². The molecular weight excluding hydrogens is 288 g/mol. The van der Waals surface area contributed by atoms with Crippen LogP contribution in [0, 0.1) is 13.8 Å². The van der Waals surface area contributed by atoms with Crippen LogP contribution in [0.2, 0.25) is 0 Å². The maximum absolute atomic E-state index is 12.5. The molecule has 0 radical (unpaired) electrons. The largest absolute Gasteiger partial charge is 0.399 e. The molecule has 0 N–H and O–H groups in total. The Kier molecular flexibility index (Phi) is 5.23. The Morgan fingerprint density at radius 3 is 2.67 bits per heavy atom. The first-order valence-electron chi connectivity index (χ1n) is 7.14. The average Bonchev–Trinajstić information content (AvgIpc) is 2.90. The molecule has 2 rings (SSSR count). The second kappa shape index (κ2) is 6.94. The smallest absolute Gasteiger partial charge is 0.242 e. The second-order valence-electron chi connectivity index (χ2n) is 5.31. The minimum Gasteiger partial charge on any atom is -0.399 e. The number of carbonyl (C=O) groups excluding carboxylic acids is 1. The highest BCUT2D eigenvalue weighted by atomic mass is 35.5. The highest BCUT2D eigenvalue weighted by molar-refractivity contribution is 6.30. The lowest BCUT2D eigenvalue weighted by atomic mass is 10.0. The van der Waals surface area contributed by atoms with E-state index in [4.69, 9.17) is 16.4 Å². The van der Waals surface area contributed by atoms with Crippen LogP contribution < -0.4 is 4.90 Å². The first-order valence-corrected chi connectivity index (χ1v) is 7.67. The van der Waals surface area contributed by atoms with Crippen LogP contribution in [0.25, 0.3) is 0 Å². The van der Waals surface area contributed by atoms with E-state index in [2.05, 4.69) is 5.16 Å². The molecule has 0 bridgehead atoms. The SMILES string of the molecule is CO/N=C1\CCCC1N(C(=O)CCl)c1c(C)cccc1C. The number of anilines is 1. The zero-order chi connectivity index (χ0) is 15.4. The number of alkyl halides is 1. The fourth-order valence-electron chi connectivity index (χ4n) is 3.02. The molecule has 0 heterocycles. The zero-order valence-electron chi connectivity index (χ0n) is 12.7. The van der Waals surface area contributed by atoms with Gasteiger partial charge in [-0.1, -0.05) is 23.4 Å². The number of aryl methyl sites for hydroxylation is 2. The minimum absolute atomic E-state index is 0.0372. The number of para-hydroxylation sites is 1. The van der Waals surface area contributed by atoms with E-state index >= 15 is 0 Å². The molecule has 1 aliphatic carbocycles. The van der Waals surface area contributed by atoms with Crippen molar-refractivity contribution in [3.05, 3.63) is 29.3 Å². The average molecular weight is 309 g/mol. The molecule has 1 saturated carbocycles. The summed E-state index contributed by atoms with van der Waals surface area (Å²) < 4.78 is 0. The van der Waals surface area contributed by atoms with Crippen LogP contribution >= 0.6 is 11.6 Å². The summed E-state index contributed by atoms with van der Waals surface area (Å²) >= 11 is 5.84. The summed E-state index contributed by atoms with van der Waals surface area (Å²) in [5.41, 5.74) is 3.99. The van der Waals surface area contributed by atoms with Gasteiger partial charge in [0, 0.05) is 0 Å². The van der Waals surface area contributed by atoms with Crippen LogP contribution in [0.4, 0.5) is 5.69 Å². The molecule has 1 fully saturated rings. The van der Waals surface area contributed by atoms with Crippen molar-refractivity contribution in [3.63, 3.8) is 0 Å². The molecular formula is C16H21ClN2O2. The number of rotatable bonds is 4. The summed E-state index contributed by atoms with van der Waals surface area (Å²) in [6.45, 7) is 4.03. The zero-order valence-corrected chi connectivity index (χ0v) is 13.5. The molecule has 1 aliphatic rings. The fraction of sp³-hybridized carbons (Fsp3) is 0.500. The van der Waals surface area contributed by atoms with Crippen molar-refractivity contribution in [3.8, 4) is 0 Å². The Labute approximate surface area is 130 Å². The number of oxime groups is 1. The quantitative estimate of drug-likeness (QED) is 0.631. The summed E-state index contributed by atoms with van der Waals surface area (Å²) in [7, 11) is 1.54. The molecule has 0 saturated heterocycles. The predicted molar refractivity (Wildman–Crippen MR) is 86.2 cm³/mol. The molecule has 0 aromatic heterocycles. The Hall–Kier alpha value is -1.55. The van der Waals surface area contributed by atoms with Gasteiger partial charge in [0.05, 0.1) is 17.4 Å². The highest BCUT2D eigenvalue weighted by Crippen LogP contribution is 2.32. The van der Waals surface area contributed by atoms with E-state index in [0.717, 1.165) is 41.8 Å². The van der Waals surface area contributed by atoms with E-state index in [9.17, 15) is 4.79 Å². The topological polar surface area (TPSA) is 41.9 Å². The van der Waals surface area contributed by atoms with Gasteiger partial charge >= 0.3 is 0 Å². The number of halogens is 1. The maximum Gasteiger partial charge on any atom is 0.242 e. The van der Waals surface area contributed by atoms with Crippen LogP contribution in [-0.2, 0) is 9.63 Å². The van der Waals surface area contributed by atoms with Gasteiger partial charge in [-0.25, -0.2) is 0 Å². The van der Waals surface area contributed by atoms with Crippen LogP contribution in [0.1, 0.15) is 30.4 Å². The normalized spacial score (nSPS) is 19.8. The molecule has 1 aromatic carbocycles. The number of hydrogen-bond acceptors (Lipinski definition) is 3. The summed E-state index contributed by atoms with van der Waals surface area (Å²) in [4.78, 5) is 19.2. The van der Waals surface area contributed by atoms with Gasteiger partial charge in [0.2, 0.25) is 5.91 Å². The van der Waals surface area contributed by atoms with Gasteiger partial charge in [-0.15, -0.1) is 11.6 Å². The fourth-order valence-corrected chi connectivity index (χ4v) is 3.14. The van der Waals surface area contributed by atoms with E-state index in [-0.39, 0.29) is 17.8 Å². The van der Waals surface area contributed by atoms with Gasteiger partial charge in [-0.3, -0.25) is 4.79 Å². The Morgan fingerprint density at radius 2 is 2.10 bits per heavy atom. The van der Waals surface area contributed by atoms with Crippen molar-refractivity contribution in [2.75, 3.05) is 17.9 Å². The number of benzene rings is 1. The second-order valence-corrected chi connectivity index (χ2v) is 5.58. The van der Waals surface area contributed by atoms with Crippen LogP contribution in [0.5, 0.6) is 0 Å². The van der Waals surface area contributed by atoms with Crippen molar-refractivity contribution in [2.24, 2.45) is 5.16 Å². The third-order valence-electron chi connectivity index (χ3n) is 3.88.